The average Bonchev–Trinajstić information content (AvgIpc) is 3.27. The molecule has 0 aliphatic carbocycles. The van der Waals surface area contributed by atoms with Crippen LogP contribution < -0.4 is 10.1 Å². The number of rotatable bonds is 7. The smallest absolute Gasteiger partial charge is 0.338 e. The lowest BCUT2D eigenvalue weighted by atomic mass is 10.2. The fourth-order valence-corrected chi connectivity index (χ4v) is 2.45. The van der Waals surface area contributed by atoms with Gasteiger partial charge in [-0.15, -0.1) is 0 Å². The van der Waals surface area contributed by atoms with E-state index >= 15 is 0 Å². The maximum Gasteiger partial charge on any atom is 0.338 e. The molecule has 8 nitrogen and oxygen atoms in total. The van der Waals surface area contributed by atoms with E-state index in [1.54, 1.807) is 42.4 Å². The Morgan fingerprint density at radius 1 is 1.11 bits per heavy atom. The van der Waals surface area contributed by atoms with Gasteiger partial charge in [-0.25, -0.2) is 14.5 Å². The maximum absolute atomic E-state index is 12.3. The van der Waals surface area contributed by atoms with Crippen LogP contribution in [-0.4, -0.2) is 39.9 Å². The van der Waals surface area contributed by atoms with E-state index in [9.17, 15) is 9.59 Å². The summed E-state index contributed by atoms with van der Waals surface area (Å²) in [5, 5.41) is 6.76. The third kappa shape index (κ3) is 4.73. The Kier molecular flexibility index (Phi) is 6.01. The Bertz CT molecular complexity index is 922. The predicted molar refractivity (Wildman–Crippen MR) is 101 cm³/mol. The number of ether oxygens (including phenoxy) is 2. The van der Waals surface area contributed by atoms with Crippen molar-refractivity contribution >= 4 is 11.9 Å². The molecule has 1 aromatic heterocycles. The number of carbonyl (C=O) groups is 2. The first-order chi connectivity index (χ1) is 13.6. The number of benzene rings is 2. The Balaban J connectivity index is 1.52. The lowest BCUT2D eigenvalue weighted by Gasteiger charge is -2.14. The molecule has 2 aromatic carbocycles. The largest absolute Gasteiger partial charge is 0.497 e. The van der Waals surface area contributed by atoms with Gasteiger partial charge in [0.1, 0.15) is 18.4 Å². The minimum absolute atomic E-state index is 0.331. The van der Waals surface area contributed by atoms with Gasteiger partial charge in [0.15, 0.2) is 6.10 Å². The predicted octanol–water partition coefficient (Wildman–Crippen LogP) is 2.14. The van der Waals surface area contributed by atoms with Crippen LogP contribution in [-0.2, 0) is 16.1 Å². The minimum Gasteiger partial charge on any atom is -0.497 e. The molecule has 28 heavy (non-hydrogen) atoms. The molecule has 0 fully saturated rings. The lowest BCUT2D eigenvalue weighted by Crippen LogP contribution is -2.35. The fraction of sp³-hybridized carbons (Fsp3) is 0.200. The van der Waals surface area contributed by atoms with Gasteiger partial charge < -0.3 is 14.8 Å². The van der Waals surface area contributed by atoms with Crippen LogP contribution in [0.25, 0.3) is 5.69 Å². The van der Waals surface area contributed by atoms with Crippen LogP contribution in [0.4, 0.5) is 0 Å². The highest BCUT2D eigenvalue weighted by Gasteiger charge is 2.18. The molecule has 1 N–H and O–H groups in total. The second-order valence-corrected chi connectivity index (χ2v) is 6.00. The van der Waals surface area contributed by atoms with Crippen molar-refractivity contribution in [2.45, 2.75) is 19.6 Å². The van der Waals surface area contributed by atoms with E-state index < -0.39 is 12.1 Å². The van der Waals surface area contributed by atoms with Crippen molar-refractivity contribution in [1.29, 1.82) is 0 Å². The molecule has 0 spiro atoms. The number of aromatic nitrogens is 3. The quantitative estimate of drug-likeness (QED) is 0.631. The molecule has 0 aliphatic heterocycles. The van der Waals surface area contributed by atoms with E-state index in [2.05, 4.69) is 15.4 Å². The molecule has 144 valence electrons. The summed E-state index contributed by atoms with van der Waals surface area (Å²) in [5.41, 5.74) is 2.02. The summed E-state index contributed by atoms with van der Waals surface area (Å²) in [7, 11) is 1.59. The second-order valence-electron chi connectivity index (χ2n) is 6.00. The molecule has 0 aliphatic rings. The molecule has 1 atom stereocenters. The van der Waals surface area contributed by atoms with E-state index in [-0.39, 0.29) is 5.91 Å². The van der Waals surface area contributed by atoms with Gasteiger partial charge in [0, 0.05) is 6.54 Å². The number of hydrogen-bond acceptors (Lipinski definition) is 6. The number of nitrogens with one attached hydrogen (secondary N) is 1. The first-order valence-corrected chi connectivity index (χ1v) is 8.63. The fourth-order valence-electron chi connectivity index (χ4n) is 2.45. The van der Waals surface area contributed by atoms with E-state index in [0.29, 0.717) is 12.1 Å². The van der Waals surface area contributed by atoms with E-state index in [1.807, 2.05) is 24.3 Å². The van der Waals surface area contributed by atoms with Gasteiger partial charge in [0.05, 0.1) is 18.4 Å². The van der Waals surface area contributed by atoms with Gasteiger partial charge in [0.25, 0.3) is 5.91 Å². The summed E-state index contributed by atoms with van der Waals surface area (Å²) in [6, 6.07) is 14.0. The van der Waals surface area contributed by atoms with Crippen LogP contribution in [0.2, 0.25) is 0 Å². The summed E-state index contributed by atoms with van der Waals surface area (Å²) in [6.45, 7) is 1.86. The summed E-state index contributed by atoms with van der Waals surface area (Å²) in [4.78, 5) is 28.3. The van der Waals surface area contributed by atoms with E-state index in [0.717, 1.165) is 17.0 Å². The standard InChI is InChI=1S/C20H20N4O4/c1-14(19(25)22-11-15-3-9-18(27-2)10-4-15)28-20(26)16-5-7-17(8-6-16)24-13-21-12-23-24/h3-10,12-14H,11H2,1-2H3,(H,22,25)/t14-/m0/s1. The zero-order valence-electron chi connectivity index (χ0n) is 15.5. The number of nitrogens with zero attached hydrogens (tertiary/aromatic N) is 3. The van der Waals surface area contributed by atoms with Crippen molar-refractivity contribution in [2.75, 3.05) is 7.11 Å². The highest BCUT2D eigenvalue weighted by molar-refractivity contribution is 5.92. The summed E-state index contributed by atoms with van der Waals surface area (Å²) >= 11 is 0. The third-order valence-electron chi connectivity index (χ3n) is 4.07. The maximum atomic E-state index is 12.3. The molecule has 0 saturated carbocycles. The van der Waals surface area contributed by atoms with Crippen molar-refractivity contribution in [3.63, 3.8) is 0 Å². The monoisotopic (exact) mass is 380 g/mol. The van der Waals surface area contributed by atoms with Crippen LogP contribution in [0.15, 0.2) is 61.2 Å². The second kappa shape index (κ2) is 8.81. The molecule has 0 unspecified atom stereocenters. The Labute approximate surface area is 162 Å². The number of amides is 1. The molecule has 0 bridgehead atoms. The summed E-state index contributed by atoms with van der Waals surface area (Å²) in [5.74, 6) is -0.201. The normalized spacial score (nSPS) is 11.5. The molecule has 8 heteroatoms. The Morgan fingerprint density at radius 3 is 2.43 bits per heavy atom. The van der Waals surface area contributed by atoms with E-state index in [1.165, 1.54) is 13.3 Å². The first-order valence-electron chi connectivity index (χ1n) is 8.63. The molecule has 0 radical (unpaired) electrons. The van der Waals surface area contributed by atoms with Crippen molar-refractivity contribution in [3.05, 3.63) is 72.3 Å². The van der Waals surface area contributed by atoms with Crippen LogP contribution in [0, 0.1) is 0 Å². The Hall–Kier alpha value is -3.68. The molecular formula is C20H20N4O4. The van der Waals surface area contributed by atoms with Crippen LogP contribution >= 0.6 is 0 Å². The first kappa shape index (κ1) is 19.1. The van der Waals surface area contributed by atoms with Crippen LogP contribution in [0.3, 0.4) is 0 Å². The molecular weight excluding hydrogens is 360 g/mol. The number of hydrogen-bond donors (Lipinski definition) is 1. The topological polar surface area (TPSA) is 95.3 Å². The van der Waals surface area contributed by atoms with Gasteiger partial charge in [0.2, 0.25) is 0 Å². The van der Waals surface area contributed by atoms with Crippen LogP contribution in [0.5, 0.6) is 5.75 Å². The molecule has 1 heterocycles. The van der Waals surface area contributed by atoms with Crippen LogP contribution in [0.1, 0.15) is 22.8 Å². The number of esters is 1. The van der Waals surface area contributed by atoms with Gasteiger partial charge in [-0.2, -0.15) is 5.10 Å². The molecule has 3 rings (SSSR count). The zero-order valence-corrected chi connectivity index (χ0v) is 15.5. The zero-order chi connectivity index (χ0) is 19.9. The van der Waals surface area contributed by atoms with Crippen molar-refractivity contribution < 1.29 is 19.1 Å². The summed E-state index contributed by atoms with van der Waals surface area (Å²) < 4.78 is 11.9. The van der Waals surface area contributed by atoms with Crippen molar-refractivity contribution in [1.82, 2.24) is 20.1 Å². The van der Waals surface area contributed by atoms with Gasteiger partial charge in [-0.1, -0.05) is 12.1 Å². The highest BCUT2D eigenvalue weighted by Crippen LogP contribution is 2.12. The van der Waals surface area contributed by atoms with Crippen molar-refractivity contribution in [3.8, 4) is 11.4 Å². The SMILES string of the molecule is COc1ccc(CNC(=O)[C@H](C)OC(=O)c2ccc(-n3cncn3)cc2)cc1. The minimum atomic E-state index is -0.916. The van der Waals surface area contributed by atoms with Crippen molar-refractivity contribution in [2.24, 2.45) is 0 Å². The highest BCUT2D eigenvalue weighted by atomic mass is 16.5. The molecule has 3 aromatic rings. The summed E-state index contributed by atoms with van der Waals surface area (Å²) in [6.07, 6.45) is 2.07. The Morgan fingerprint density at radius 2 is 1.82 bits per heavy atom. The number of carbonyl (C=O) groups excluding carboxylic acids is 2. The van der Waals surface area contributed by atoms with Gasteiger partial charge in [-0.05, 0) is 48.9 Å². The van der Waals surface area contributed by atoms with Gasteiger partial charge >= 0.3 is 5.97 Å². The lowest BCUT2D eigenvalue weighted by molar-refractivity contribution is -0.129. The van der Waals surface area contributed by atoms with E-state index in [4.69, 9.17) is 9.47 Å². The average molecular weight is 380 g/mol. The molecule has 0 saturated heterocycles. The number of methoxy groups -OCH3 is 1. The molecule has 1 amide bonds. The van der Waals surface area contributed by atoms with Gasteiger partial charge in [-0.3, -0.25) is 4.79 Å². The third-order valence-corrected chi connectivity index (χ3v) is 4.07.